The van der Waals surface area contributed by atoms with E-state index < -0.39 is 4.92 Å². The summed E-state index contributed by atoms with van der Waals surface area (Å²) in [6.45, 7) is 3.41. The predicted octanol–water partition coefficient (Wildman–Crippen LogP) is 4.18. The number of nitrogens with zero attached hydrogens (tertiary/aromatic N) is 5. The number of nitrogens with one attached hydrogen (secondary N) is 3. The summed E-state index contributed by atoms with van der Waals surface area (Å²) in [5.74, 6) is -0.194. The highest BCUT2D eigenvalue weighted by atomic mass is 16.6. The van der Waals surface area contributed by atoms with Gasteiger partial charge in [0.15, 0.2) is 0 Å². The zero-order valence-corrected chi connectivity index (χ0v) is 17.2. The molecule has 11 nitrogen and oxygen atoms in total. The van der Waals surface area contributed by atoms with Gasteiger partial charge in [0, 0.05) is 35.1 Å². The lowest BCUT2D eigenvalue weighted by atomic mass is 10.2. The number of hydrogen-bond acceptors (Lipinski definition) is 8. The number of aromatic nitrogens is 4. The highest BCUT2D eigenvalue weighted by Crippen LogP contribution is 2.28. The van der Waals surface area contributed by atoms with Crippen LogP contribution >= 0.6 is 0 Å². The standard InChI is InChI=1S/C22H18N8O3/c1-2-20(31)25-16-4-3-5-17(12-16)26-21-19(30(32)33)13-24-22(28-21)27-15-6-8-18(9-7-15)29-11-10-23-14-29/h2-14H,1H2,(H,25,31)(H2,24,26,27,28). The molecule has 2 aromatic heterocycles. The lowest BCUT2D eigenvalue weighted by molar-refractivity contribution is -0.384. The molecule has 0 spiro atoms. The van der Waals surface area contributed by atoms with E-state index in [4.69, 9.17) is 0 Å². The quantitative estimate of drug-likeness (QED) is 0.210. The van der Waals surface area contributed by atoms with Gasteiger partial charge in [0.1, 0.15) is 6.20 Å². The first-order chi connectivity index (χ1) is 16.0. The van der Waals surface area contributed by atoms with Crippen LogP contribution in [0.15, 0.2) is 86.1 Å². The molecular formula is C22H18N8O3. The molecule has 0 atom stereocenters. The fourth-order valence-corrected chi connectivity index (χ4v) is 2.92. The van der Waals surface area contributed by atoms with Crippen molar-refractivity contribution in [1.29, 1.82) is 0 Å². The Bertz CT molecular complexity index is 1300. The van der Waals surface area contributed by atoms with Crippen molar-refractivity contribution in [2.24, 2.45) is 0 Å². The lowest BCUT2D eigenvalue weighted by Gasteiger charge is -2.11. The van der Waals surface area contributed by atoms with Crippen molar-refractivity contribution in [2.45, 2.75) is 0 Å². The van der Waals surface area contributed by atoms with Crippen LogP contribution in [-0.2, 0) is 4.79 Å². The van der Waals surface area contributed by atoms with Crippen molar-refractivity contribution < 1.29 is 9.72 Å². The molecule has 2 aromatic carbocycles. The minimum absolute atomic E-state index is 0.000247. The number of benzene rings is 2. The number of carbonyl (C=O) groups excluding carboxylic acids is 1. The number of nitro groups is 1. The fraction of sp³-hybridized carbons (Fsp3) is 0. The Labute approximate surface area is 188 Å². The molecule has 0 radical (unpaired) electrons. The Morgan fingerprint density at radius 2 is 1.88 bits per heavy atom. The highest BCUT2D eigenvalue weighted by Gasteiger charge is 2.18. The molecule has 0 fully saturated rings. The van der Waals surface area contributed by atoms with Crippen LogP contribution in [0.3, 0.4) is 0 Å². The summed E-state index contributed by atoms with van der Waals surface area (Å²) in [6.07, 6.45) is 7.49. The molecule has 1 amide bonds. The molecule has 0 saturated carbocycles. The summed E-state index contributed by atoms with van der Waals surface area (Å²) < 4.78 is 1.86. The molecule has 33 heavy (non-hydrogen) atoms. The van der Waals surface area contributed by atoms with Gasteiger partial charge in [-0.1, -0.05) is 12.6 Å². The zero-order valence-electron chi connectivity index (χ0n) is 17.2. The van der Waals surface area contributed by atoms with Crippen molar-refractivity contribution in [2.75, 3.05) is 16.0 Å². The summed E-state index contributed by atoms with van der Waals surface area (Å²) in [6, 6.07) is 14.1. The predicted molar refractivity (Wildman–Crippen MR) is 124 cm³/mol. The van der Waals surface area contributed by atoms with Gasteiger partial charge in [-0.15, -0.1) is 0 Å². The highest BCUT2D eigenvalue weighted by molar-refractivity contribution is 5.99. The van der Waals surface area contributed by atoms with Crippen LogP contribution in [0.5, 0.6) is 0 Å². The molecule has 3 N–H and O–H groups in total. The molecule has 164 valence electrons. The molecular weight excluding hydrogens is 424 g/mol. The van der Waals surface area contributed by atoms with Gasteiger partial charge in [-0.25, -0.2) is 9.97 Å². The van der Waals surface area contributed by atoms with Crippen LogP contribution in [0.2, 0.25) is 0 Å². The molecule has 4 rings (SSSR count). The third kappa shape index (κ3) is 5.17. The maximum atomic E-state index is 11.5. The normalized spacial score (nSPS) is 10.3. The Kier molecular flexibility index (Phi) is 6.03. The van der Waals surface area contributed by atoms with E-state index in [2.05, 4.69) is 37.5 Å². The summed E-state index contributed by atoms with van der Waals surface area (Å²) >= 11 is 0. The molecule has 0 saturated heterocycles. The monoisotopic (exact) mass is 442 g/mol. The third-order valence-electron chi connectivity index (χ3n) is 4.47. The van der Waals surface area contributed by atoms with Crippen LogP contribution < -0.4 is 16.0 Å². The summed E-state index contributed by atoms with van der Waals surface area (Å²) in [4.78, 5) is 34.8. The average molecular weight is 442 g/mol. The number of hydrogen-bond donors (Lipinski definition) is 3. The van der Waals surface area contributed by atoms with E-state index in [1.54, 1.807) is 36.8 Å². The number of imidazole rings is 1. The molecule has 11 heteroatoms. The van der Waals surface area contributed by atoms with Crippen molar-refractivity contribution in [3.63, 3.8) is 0 Å². The molecule has 0 bridgehead atoms. The van der Waals surface area contributed by atoms with Gasteiger partial charge in [-0.05, 0) is 48.5 Å². The smallest absolute Gasteiger partial charge is 0.329 e. The molecule has 0 aliphatic heterocycles. The van der Waals surface area contributed by atoms with E-state index in [1.165, 1.54) is 0 Å². The number of carbonyl (C=O) groups is 1. The van der Waals surface area contributed by atoms with Gasteiger partial charge in [0.25, 0.3) is 0 Å². The second-order valence-corrected chi connectivity index (χ2v) is 6.73. The van der Waals surface area contributed by atoms with Crippen LogP contribution in [0.25, 0.3) is 5.69 Å². The maximum absolute atomic E-state index is 11.5. The first-order valence-corrected chi connectivity index (χ1v) is 9.69. The second kappa shape index (κ2) is 9.39. The van der Waals surface area contributed by atoms with Gasteiger partial charge in [0.2, 0.25) is 17.7 Å². The minimum Gasteiger partial charge on any atom is -0.334 e. The van der Waals surface area contributed by atoms with Crippen molar-refractivity contribution in [3.8, 4) is 5.69 Å². The lowest BCUT2D eigenvalue weighted by Crippen LogP contribution is -2.08. The van der Waals surface area contributed by atoms with E-state index in [1.807, 2.05) is 35.0 Å². The maximum Gasteiger partial charge on any atom is 0.329 e. The Hall–Kier alpha value is -5.06. The number of anilines is 5. The van der Waals surface area contributed by atoms with Gasteiger partial charge >= 0.3 is 5.69 Å². The van der Waals surface area contributed by atoms with Crippen molar-refractivity contribution >= 4 is 40.4 Å². The van der Waals surface area contributed by atoms with Crippen molar-refractivity contribution in [3.05, 3.63) is 96.2 Å². The molecule has 0 unspecified atom stereocenters. The minimum atomic E-state index is -0.574. The Morgan fingerprint density at radius 1 is 1.09 bits per heavy atom. The fourth-order valence-electron chi connectivity index (χ4n) is 2.92. The average Bonchev–Trinajstić information content (AvgIpc) is 3.35. The molecule has 4 aromatic rings. The third-order valence-corrected chi connectivity index (χ3v) is 4.47. The van der Waals surface area contributed by atoms with Gasteiger partial charge in [-0.3, -0.25) is 14.9 Å². The van der Waals surface area contributed by atoms with E-state index in [0.717, 1.165) is 18.0 Å². The van der Waals surface area contributed by atoms with Gasteiger partial charge < -0.3 is 20.5 Å². The van der Waals surface area contributed by atoms with E-state index in [9.17, 15) is 14.9 Å². The topological polar surface area (TPSA) is 140 Å². The van der Waals surface area contributed by atoms with Gasteiger partial charge in [0.05, 0.1) is 11.3 Å². The van der Waals surface area contributed by atoms with E-state index >= 15 is 0 Å². The molecule has 0 aliphatic rings. The summed E-state index contributed by atoms with van der Waals surface area (Å²) in [7, 11) is 0. The largest absolute Gasteiger partial charge is 0.334 e. The van der Waals surface area contributed by atoms with Crippen LogP contribution in [0.4, 0.5) is 34.5 Å². The Morgan fingerprint density at radius 3 is 2.58 bits per heavy atom. The SMILES string of the molecule is C=CC(=O)Nc1cccc(Nc2nc(Nc3ccc(-n4ccnc4)cc3)ncc2[N+](=O)[O-])c1. The van der Waals surface area contributed by atoms with Gasteiger partial charge in [-0.2, -0.15) is 4.98 Å². The van der Waals surface area contributed by atoms with Crippen LogP contribution in [-0.4, -0.2) is 30.3 Å². The van der Waals surface area contributed by atoms with Crippen molar-refractivity contribution in [1.82, 2.24) is 19.5 Å². The molecule has 2 heterocycles. The number of amides is 1. The Balaban J connectivity index is 1.56. The first-order valence-electron chi connectivity index (χ1n) is 9.69. The van der Waals surface area contributed by atoms with E-state index in [-0.39, 0.29) is 23.4 Å². The van der Waals surface area contributed by atoms with Crippen LogP contribution in [0.1, 0.15) is 0 Å². The summed E-state index contributed by atoms with van der Waals surface area (Å²) in [5.41, 5.74) is 2.32. The first kappa shape index (κ1) is 21.2. The second-order valence-electron chi connectivity index (χ2n) is 6.73. The zero-order chi connectivity index (χ0) is 23.2. The number of rotatable bonds is 8. The molecule has 0 aliphatic carbocycles. The van der Waals surface area contributed by atoms with E-state index in [0.29, 0.717) is 17.1 Å². The van der Waals surface area contributed by atoms with Crippen LogP contribution in [0, 0.1) is 10.1 Å². The summed E-state index contributed by atoms with van der Waals surface area (Å²) in [5, 5.41) is 20.1.